The van der Waals surface area contributed by atoms with Gasteiger partial charge >= 0.3 is 7.23 Å². The van der Waals surface area contributed by atoms with Gasteiger partial charge in [-0.05, 0) is 4.57 Å². The van der Waals surface area contributed by atoms with Crippen molar-refractivity contribution in [3.63, 3.8) is 0 Å². The lowest BCUT2D eigenvalue weighted by Crippen LogP contribution is -1.47. The summed E-state index contributed by atoms with van der Waals surface area (Å²) in [5.41, 5.74) is 0. The van der Waals surface area contributed by atoms with E-state index in [9.17, 15) is 0 Å². The summed E-state index contributed by atoms with van der Waals surface area (Å²) in [4.78, 5) is 7.43. The summed E-state index contributed by atoms with van der Waals surface area (Å²) < 4.78 is 9.01. The molecular formula is C6H8O2PS+. The minimum Gasteiger partial charge on any atom is -0.151 e. The maximum Gasteiger partial charge on any atom is 0.579 e. The molecule has 0 saturated heterocycles. The van der Waals surface area contributed by atoms with Crippen LogP contribution in [0.1, 0.15) is 0 Å². The second kappa shape index (κ2) is 6.75. The van der Waals surface area contributed by atoms with Crippen molar-refractivity contribution >= 4 is 19.5 Å². The number of hydrogen-bond acceptors (Lipinski definition) is 1. The van der Waals surface area contributed by atoms with Gasteiger partial charge in [-0.1, -0.05) is 36.4 Å². The van der Waals surface area contributed by atoms with Crippen LogP contribution in [0.4, 0.5) is 0 Å². The van der Waals surface area contributed by atoms with Crippen molar-refractivity contribution < 1.29 is 9.46 Å². The van der Waals surface area contributed by atoms with Crippen molar-refractivity contribution in [2.24, 2.45) is 0 Å². The van der Waals surface area contributed by atoms with Gasteiger partial charge in [-0.25, -0.2) is 0 Å². The molecule has 0 saturated carbocycles. The number of hydrogen-bond donors (Lipinski definition) is 2. The van der Waals surface area contributed by atoms with Gasteiger partial charge in [-0.3, -0.25) is 0 Å². The number of rotatable bonds is 0. The quantitative estimate of drug-likeness (QED) is 0.468. The molecule has 0 aliphatic carbocycles. The fourth-order valence-electron chi connectivity index (χ4n) is 0.385. The van der Waals surface area contributed by atoms with Gasteiger partial charge in [-0.15, -0.1) is 0 Å². The first kappa shape index (κ1) is 9.63. The summed E-state index contributed by atoms with van der Waals surface area (Å²) in [6.45, 7) is 0. The Hall–Kier alpha value is -0.370. The minimum absolute atomic E-state index is 2.00. The van der Waals surface area contributed by atoms with Crippen molar-refractivity contribution in [1.29, 1.82) is 0 Å². The molecular weight excluding hydrogens is 167 g/mol. The summed E-state index contributed by atoms with van der Waals surface area (Å²) in [5, 5.41) is 0. The molecule has 1 unspecified atom stereocenters. The second-order valence-electron chi connectivity index (χ2n) is 1.41. The average Bonchev–Trinajstić information content (AvgIpc) is 1.90. The van der Waals surface area contributed by atoms with Crippen LogP contribution in [0.5, 0.6) is 0 Å². The Balaban J connectivity index is 0.000000180. The summed E-state index contributed by atoms with van der Waals surface area (Å²) in [6.07, 6.45) is 0. The van der Waals surface area contributed by atoms with Crippen molar-refractivity contribution in [1.82, 2.24) is 0 Å². The fraction of sp³-hybridized carbons (Fsp3) is 0. The van der Waals surface area contributed by atoms with E-state index < -0.39 is 7.23 Å². The van der Waals surface area contributed by atoms with E-state index in [1.807, 2.05) is 36.4 Å². The Bertz CT molecular complexity index is 148. The molecule has 0 amide bonds. The van der Waals surface area contributed by atoms with E-state index in [0.29, 0.717) is 0 Å². The highest BCUT2D eigenvalue weighted by atomic mass is 32.7. The topological polar surface area (TPSA) is 37.3 Å². The first-order valence-electron chi connectivity index (χ1n) is 2.58. The van der Waals surface area contributed by atoms with Crippen LogP contribution < -0.4 is 0 Å². The smallest absolute Gasteiger partial charge is 0.151 e. The van der Waals surface area contributed by atoms with Crippen molar-refractivity contribution in [3.05, 3.63) is 36.4 Å². The Labute approximate surface area is 65.9 Å². The van der Waals surface area contributed by atoms with Gasteiger partial charge in [0, 0.05) is 0 Å². The average molecular weight is 175 g/mol. The van der Waals surface area contributed by atoms with E-state index >= 15 is 0 Å². The molecule has 4 heteroatoms. The molecule has 0 radical (unpaired) electrons. The summed E-state index contributed by atoms with van der Waals surface area (Å²) in [7, 11) is -2.18. The lowest BCUT2D eigenvalue weighted by Gasteiger charge is -1.69. The molecule has 1 atom stereocenters. The molecule has 1 rings (SSSR count). The molecule has 0 bridgehead atoms. The lowest BCUT2D eigenvalue weighted by molar-refractivity contribution is 0.520. The highest BCUT2D eigenvalue weighted by Gasteiger charge is 1.90. The minimum atomic E-state index is -2.18. The fourth-order valence-corrected chi connectivity index (χ4v) is 0.385. The zero-order valence-electron chi connectivity index (χ0n) is 5.21. The van der Waals surface area contributed by atoms with Crippen molar-refractivity contribution in [3.8, 4) is 0 Å². The van der Waals surface area contributed by atoms with Crippen molar-refractivity contribution in [2.75, 3.05) is 0 Å². The third-order valence-electron chi connectivity index (χ3n) is 0.667. The van der Waals surface area contributed by atoms with E-state index in [1.54, 1.807) is 0 Å². The van der Waals surface area contributed by atoms with Gasteiger partial charge in [0.1, 0.15) is 12.2 Å². The van der Waals surface area contributed by atoms with E-state index in [-0.39, 0.29) is 0 Å². The van der Waals surface area contributed by atoms with Crippen LogP contribution in [-0.4, -0.2) is 4.89 Å². The van der Waals surface area contributed by atoms with Crippen LogP contribution in [0.2, 0.25) is 0 Å². The van der Waals surface area contributed by atoms with E-state index in [4.69, 9.17) is 9.46 Å². The molecule has 10 heavy (non-hydrogen) atoms. The normalized spacial score (nSPS) is 9.20. The van der Waals surface area contributed by atoms with E-state index in [2.05, 4.69) is 12.2 Å². The SMILES string of the molecule is O=[P+](O)S.c1ccccc1. The third-order valence-corrected chi connectivity index (χ3v) is 0.667. The van der Waals surface area contributed by atoms with Gasteiger partial charge in [0.25, 0.3) is 0 Å². The number of thiol groups is 1. The summed E-state index contributed by atoms with van der Waals surface area (Å²) >= 11 is 3.03. The monoisotopic (exact) mass is 175 g/mol. The Morgan fingerprint density at radius 2 is 1.10 bits per heavy atom. The highest BCUT2D eigenvalue weighted by molar-refractivity contribution is 8.38. The van der Waals surface area contributed by atoms with Crippen LogP contribution in [0.15, 0.2) is 36.4 Å². The number of benzene rings is 1. The zero-order valence-corrected chi connectivity index (χ0v) is 7.00. The molecule has 1 aromatic carbocycles. The molecule has 1 N–H and O–H groups in total. The first-order valence-corrected chi connectivity index (χ1v) is 4.95. The van der Waals surface area contributed by atoms with Crippen LogP contribution in [-0.2, 0) is 4.57 Å². The Kier molecular flexibility index (Phi) is 6.50. The third kappa shape index (κ3) is 10.6. The molecule has 0 heterocycles. The molecule has 2 nitrogen and oxygen atoms in total. The van der Waals surface area contributed by atoms with Gasteiger partial charge in [0.15, 0.2) is 0 Å². The summed E-state index contributed by atoms with van der Waals surface area (Å²) in [5.74, 6) is 0. The maximum atomic E-state index is 9.01. The molecule has 54 valence electrons. The van der Waals surface area contributed by atoms with Crippen LogP contribution in [0.25, 0.3) is 0 Å². The second-order valence-corrected chi connectivity index (χ2v) is 2.94. The standard InChI is InChI=1S/C6H6.HO2PS/c1-2-4-6-5-3-1;1-3(2)4/h1-6H;(H-,1,2,4)/p+1. The maximum absolute atomic E-state index is 9.01. The van der Waals surface area contributed by atoms with Gasteiger partial charge in [0.05, 0.1) is 0 Å². The van der Waals surface area contributed by atoms with Crippen LogP contribution in [0, 0.1) is 0 Å². The van der Waals surface area contributed by atoms with Gasteiger partial charge in [-0.2, -0.15) is 4.89 Å². The van der Waals surface area contributed by atoms with Gasteiger partial charge < -0.3 is 0 Å². The van der Waals surface area contributed by atoms with E-state index in [1.165, 1.54) is 0 Å². The van der Waals surface area contributed by atoms with E-state index in [0.717, 1.165) is 0 Å². The van der Waals surface area contributed by atoms with Crippen molar-refractivity contribution in [2.45, 2.75) is 0 Å². The predicted molar refractivity (Wildman–Crippen MR) is 45.3 cm³/mol. The summed E-state index contributed by atoms with van der Waals surface area (Å²) in [6, 6.07) is 12.0. The van der Waals surface area contributed by atoms with Crippen LogP contribution in [0.3, 0.4) is 0 Å². The van der Waals surface area contributed by atoms with Gasteiger partial charge in [0.2, 0.25) is 0 Å². The first-order chi connectivity index (χ1) is 4.73. The highest BCUT2D eigenvalue weighted by Crippen LogP contribution is 2.16. The largest absolute Gasteiger partial charge is 0.579 e. The predicted octanol–water partition coefficient (Wildman–Crippen LogP) is 2.25. The zero-order chi connectivity index (χ0) is 7.82. The molecule has 0 aromatic heterocycles. The Morgan fingerprint density at radius 3 is 1.20 bits per heavy atom. The lowest BCUT2D eigenvalue weighted by atomic mass is 10.4. The molecule has 0 aliphatic rings. The molecule has 1 aromatic rings. The van der Waals surface area contributed by atoms with Crippen LogP contribution >= 0.6 is 19.5 Å². The Morgan fingerprint density at radius 1 is 1.00 bits per heavy atom. The molecule has 0 spiro atoms. The molecule has 0 fully saturated rings. The molecule has 0 aliphatic heterocycles.